The van der Waals surface area contributed by atoms with Gasteiger partial charge in [0.1, 0.15) is 50.8 Å². The molecule has 1 amide bonds. The third-order valence-corrected chi connectivity index (χ3v) is 14.3. The predicted octanol–water partition coefficient (Wildman–Crippen LogP) is 11.6. The maximum atomic E-state index is 11.6. The molecule has 4 atom stereocenters. The van der Waals surface area contributed by atoms with Crippen LogP contribution in [0.1, 0.15) is 238 Å². The minimum atomic E-state index is -1.02. The van der Waals surface area contributed by atoms with Gasteiger partial charge in [-0.15, -0.1) is 0 Å². The fourth-order valence-corrected chi connectivity index (χ4v) is 4.37. The number of hydrogen-bond donors (Lipinski definition) is 4. The molecule has 5 N–H and O–H groups in total. The van der Waals surface area contributed by atoms with Crippen molar-refractivity contribution in [2.24, 2.45) is 44.1 Å². The third-order valence-electron chi connectivity index (χ3n) is 14.3. The lowest BCUT2D eigenvalue weighted by atomic mass is 9.90. The molecule has 0 bridgehead atoms. The maximum absolute atomic E-state index is 11.6. The Balaban J connectivity index is -0.000000190. The summed E-state index contributed by atoms with van der Waals surface area (Å²) in [6.45, 7) is 59.3. The van der Waals surface area contributed by atoms with Crippen LogP contribution in [0.25, 0.3) is 0 Å². The number of aliphatic hydroxyl groups excluding tert-OH is 3. The number of rotatable bonds is 31. The summed E-state index contributed by atoms with van der Waals surface area (Å²) < 4.78 is 43.9. The van der Waals surface area contributed by atoms with E-state index in [1.165, 1.54) is 21.0 Å². The highest BCUT2D eigenvalue weighted by atomic mass is 16.6. The van der Waals surface area contributed by atoms with Gasteiger partial charge in [-0.3, -0.25) is 33.6 Å². The molecule has 93 heavy (non-hydrogen) atoms. The van der Waals surface area contributed by atoms with Gasteiger partial charge in [-0.05, 0) is 176 Å². The van der Waals surface area contributed by atoms with Crippen molar-refractivity contribution >= 4 is 59.6 Å². The van der Waals surface area contributed by atoms with Gasteiger partial charge >= 0.3 is 53.7 Å². The van der Waals surface area contributed by atoms with Crippen LogP contribution in [0, 0.1) is 38.4 Å². The van der Waals surface area contributed by atoms with Crippen molar-refractivity contribution in [2.45, 2.75) is 262 Å². The molecule has 0 fully saturated rings. The lowest BCUT2D eigenvalue weighted by Crippen LogP contribution is -2.33. The zero-order valence-electron chi connectivity index (χ0n) is 62.7. The number of primary amides is 1. The van der Waals surface area contributed by atoms with Crippen LogP contribution < -0.4 is 5.73 Å². The van der Waals surface area contributed by atoms with Crippen LogP contribution in [0.5, 0.6) is 0 Å². The van der Waals surface area contributed by atoms with Crippen molar-refractivity contribution in [2.75, 3.05) is 53.4 Å². The van der Waals surface area contributed by atoms with Gasteiger partial charge in [-0.1, -0.05) is 75.1 Å². The second-order valence-electron chi connectivity index (χ2n) is 27.1. The number of esters is 9. The molecule has 0 aromatic rings. The minimum Gasteiger partial charge on any atom is -0.469 e. The summed E-state index contributed by atoms with van der Waals surface area (Å²) in [5.41, 5.74) is 2.68. The van der Waals surface area contributed by atoms with Crippen LogP contribution in [-0.2, 0) is 90.6 Å². The highest BCUT2D eigenvalue weighted by Gasteiger charge is 2.32. The van der Waals surface area contributed by atoms with E-state index >= 15 is 0 Å². The van der Waals surface area contributed by atoms with E-state index in [2.05, 4.69) is 24.5 Å². The standard InChI is InChI=1S/C14H24O5.2C13H22O5.C10H20O2.C8H16O2.C7H14O2.C5H11NO/c1-6-14(4,5)13(17)19-9-11(15)7-8-18-12(16)10(2)3;2*1-6-13(4,5)12(16)18-8-10(14)7-17-11(15)9(2)3;1-7-10(5,6)8(11)12-9(2,3)4;1-5-8(3,4)7(9)10-6-2;1-5-7(2,3)6(8)9-4;1-3-4(2)5(6)7/h11,15H,2,6-9H2,1,3-5H3;2*10,14H,2,6-8H2,1,3-5H3;7H2,1-6H3;5-6H2,1-4H3;5H2,1-4H3;4H,3H2,1-2H3,(H2,6,7). The number of methoxy groups -OCH3 is 1. The molecule has 0 aromatic carbocycles. The average molecular weight is 1340 g/mol. The lowest BCUT2D eigenvalue weighted by Gasteiger charge is -2.27. The molecule has 0 aliphatic heterocycles. The predicted molar refractivity (Wildman–Crippen MR) is 360 cm³/mol. The van der Waals surface area contributed by atoms with E-state index < -0.39 is 52.5 Å². The number of amides is 1. The summed E-state index contributed by atoms with van der Waals surface area (Å²) in [6.07, 6.45) is 2.59. The van der Waals surface area contributed by atoms with E-state index in [-0.39, 0.29) is 127 Å². The van der Waals surface area contributed by atoms with Gasteiger partial charge < -0.3 is 63.7 Å². The fourth-order valence-electron chi connectivity index (χ4n) is 4.37. The summed E-state index contributed by atoms with van der Waals surface area (Å²) in [4.78, 5) is 112. The van der Waals surface area contributed by atoms with Gasteiger partial charge in [0.15, 0.2) is 0 Å². The first-order chi connectivity index (χ1) is 42.1. The summed E-state index contributed by atoms with van der Waals surface area (Å²) in [6, 6.07) is 0. The highest BCUT2D eigenvalue weighted by Crippen LogP contribution is 2.26. The number of aliphatic hydroxyl groups is 3. The Kier molecular flexibility index (Phi) is 54.2. The van der Waals surface area contributed by atoms with Crippen LogP contribution in [-0.4, -0.2) is 152 Å². The molecule has 0 spiro atoms. The molecule has 0 radical (unpaired) electrons. The van der Waals surface area contributed by atoms with Crippen molar-refractivity contribution in [3.63, 3.8) is 0 Å². The third kappa shape index (κ3) is 52.8. The van der Waals surface area contributed by atoms with Crippen molar-refractivity contribution < 1.29 is 106 Å². The maximum Gasteiger partial charge on any atom is 0.333 e. The quantitative estimate of drug-likeness (QED) is 0.0284. The molecule has 4 unspecified atom stereocenters. The SMILES string of the molecule is C=C(C)C(=O)OCC(O)COC(=O)C(C)(C)CC.C=C(C)C(=O)OCC(O)COC(=O)C(C)(C)CC.C=C(C)C(=O)OCCC(O)COC(=O)C(C)(C)CC.CCC(C)(C)C(=O)OC.CCC(C)(C)C(=O)OC(C)(C)C.CCC(C)C(N)=O.CCOC(=O)C(C)(C)CC. The zero-order chi connectivity index (χ0) is 75.3. The molecule has 0 aliphatic rings. The van der Waals surface area contributed by atoms with Crippen molar-refractivity contribution in [3.05, 3.63) is 36.5 Å². The molecule has 0 saturated heterocycles. The highest BCUT2D eigenvalue weighted by molar-refractivity contribution is 5.88. The lowest BCUT2D eigenvalue weighted by molar-refractivity contribution is -0.166. The molecule has 23 heteroatoms. The van der Waals surface area contributed by atoms with E-state index in [1.807, 2.05) is 125 Å². The van der Waals surface area contributed by atoms with E-state index in [0.29, 0.717) is 31.4 Å². The topological polar surface area (TPSA) is 340 Å². The normalized spacial score (nSPS) is 12.5. The van der Waals surface area contributed by atoms with Gasteiger partial charge in [0.25, 0.3) is 0 Å². The molecule has 0 heterocycles. The Hall–Kier alpha value is -6.20. The van der Waals surface area contributed by atoms with Gasteiger partial charge in [0, 0.05) is 29.1 Å². The Morgan fingerprint density at radius 2 is 0.634 bits per heavy atom. The molecule has 0 aliphatic carbocycles. The average Bonchev–Trinajstić information content (AvgIpc) is 1.27. The largest absolute Gasteiger partial charge is 0.469 e. The van der Waals surface area contributed by atoms with Gasteiger partial charge in [-0.2, -0.15) is 0 Å². The number of ether oxygens (including phenoxy) is 9. The molecule has 0 rings (SSSR count). The first-order valence-corrected chi connectivity index (χ1v) is 31.9. The van der Waals surface area contributed by atoms with Gasteiger partial charge in [0.05, 0.1) is 58.9 Å². The van der Waals surface area contributed by atoms with E-state index in [4.69, 9.17) is 43.6 Å². The Bertz CT molecular complexity index is 2200. The molecular formula is C70H129NO22. The molecule has 0 aromatic heterocycles. The van der Waals surface area contributed by atoms with Crippen molar-refractivity contribution in [3.8, 4) is 0 Å². The monoisotopic (exact) mass is 1340 g/mol. The van der Waals surface area contributed by atoms with Gasteiger partial charge in [-0.25, -0.2) is 14.4 Å². The first kappa shape index (κ1) is 100. The van der Waals surface area contributed by atoms with Crippen LogP contribution in [0.3, 0.4) is 0 Å². The number of carbonyl (C=O) groups excluding carboxylic acids is 10. The van der Waals surface area contributed by atoms with E-state index in [9.17, 15) is 63.3 Å². The fraction of sp³-hybridized carbons (Fsp3) is 0.771. The summed E-state index contributed by atoms with van der Waals surface area (Å²) in [5, 5.41) is 28.6. The smallest absolute Gasteiger partial charge is 0.333 e. The summed E-state index contributed by atoms with van der Waals surface area (Å²) in [5.74, 6) is -3.25. The number of nitrogens with two attached hydrogens (primary N) is 1. The molecule has 0 saturated carbocycles. The molecular weight excluding hydrogens is 1210 g/mol. The molecule has 23 nitrogen and oxygen atoms in total. The van der Waals surface area contributed by atoms with E-state index in [0.717, 1.165) is 25.7 Å². The Morgan fingerprint density at radius 1 is 0.387 bits per heavy atom. The number of carbonyl (C=O) groups is 10. The second kappa shape index (κ2) is 50.3. The van der Waals surface area contributed by atoms with Crippen LogP contribution in [0.2, 0.25) is 0 Å². The number of hydrogen-bond acceptors (Lipinski definition) is 22. The second-order valence-corrected chi connectivity index (χ2v) is 27.1. The van der Waals surface area contributed by atoms with Crippen LogP contribution in [0.4, 0.5) is 0 Å². The first-order valence-electron chi connectivity index (χ1n) is 31.9. The van der Waals surface area contributed by atoms with Gasteiger partial charge in [0.2, 0.25) is 5.91 Å². The van der Waals surface area contributed by atoms with Crippen molar-refractivity contribution in [1.29, 1.82) is 0 Å². The van der Waals surface area contributed by atoms with Crippen molar-refractivity contribution in [1.82, 2.24) is 0 Å². The van der Waals surface area contributed by atoms with E-state index in [1.54, 1.807) is 48.5 Å². The van der Waals surface area contributed by atoms with Crippen LogP contribution >= 0.6 is 0 Å². The summed E-state index contributed by atoms with van der Waals surface area (Å²) in [7, 11) is 1.42. The zero-order valence-corrected chi connectivity index (χ0v) is 62.7. The minimum absolute atomic E-state index is 0.0417. The Morgan fingerprint density at radius 3 is 0.849 bits per heavy atom. The van der Waals surface area contributed by atoms with Crippen LogP contribution in [0.15, 0.2) is 36.5 Å². The summed E-state index contributed by atoms with van der Waals surface area (Å²) >= 11 is 0. The Labute approximate surface area is 559 Å². The molecule has 546 valence electrons.